The van der Waals surface area contributed by atoms with Crippen LogP contribution in [0.25, 0.3) is 0 Å². The van der Waals surface area contributed by atoms with Gasteiger partial charge in [0.05, 0.1) is 6.54 Å². The van der Waals surface area contributed by atoms with Crippen molar-refractivity contribution < 1.29 is 4.79 Å². The number of nitrogens with one attached hydrogen (secondary N) is 2. The first kappa shape index (κ1) is 22.6. The summed E-state index contributed by atoms with van der Waals surface area (Å²) >= 11 is 3.34. The normalized spacial score (nSPS) is 14.7. The molecule has 2 N–H and O–H groups in total. The van der Waals surface area contributed by atoms with E-state index in [0.29, 0.717) is 18.4 Å². The number of anilines is 1. The molecule has 1 amide bonds. The standard InChI is InChI=1S/C15H23BrN4O.2ClH/c1-2-9-20(13-5-7-17-8-6-13)11-15(21)19-14-4-3-12(16)10-18-14;;/h3-4,10,13,17H,2,5-9,11H2,1H3,(H,18,19,21);2*1H. The highest BCUT2D eigenvalue weighted by molar-refractivity contribution is 9.10. The highest BCUT2D eigenvalue weighted by atomic mass is 79.9. The molecule has 8 heteroatoms. The van der Waals surface area contributed by atoms with E-state index < -0.39 is 0 Å². The predicted octanol–water partition coefficient (Wildman–Crippen LogP) is 3.09. The van der Waals surface area contributed by atoms with Crippen LogP contribution < -0.4 is 10.6 Å². The van der Waals surface area contributed by atoms with Crippen LogP contribution in [0, 0.1) is 0 Å². The average Bonchev–Trinajstić information content (AvgIpc) is 2.50. The van der Waals surface area contributed by atoms with Crippen LogP contribution in [-0.2, 0) is 4.79 Å². The Morgan fingerprint density at radius 3 is 2.65 bits per heavy atom. The molecular formula is C15H25BrCl2N4O. The molecule has 2 rings (SSSR count). The van der Waals surface area contributed by atoms with Crippen LogP contribution in [0.3, 0.4) is 0 Å². The second kappa shape index (κ2) is 12.0. The van der Waals surface area contributed by atoms with Crippen molar-refractivity contribution in [3.8, 4) is 0 Å². The Bertz CT molecular complexity index is 455. The summed E-state index contributed by atoms with van der Waals surface area (Å²) in [4.78, 5) is 18.7. The van der Waals surface area contributed by atoms with E-state index in [0.717, 1.165) is 43.4 Å². The molecule has 132 valence electrons. The molecular weight excluding hydrogens is 403 g/mol. The Morgan fingerprint density at radius 2 is 2.09 bits per heavy atom. The summed E-state index contributed by atoms with van der Waals surface area (Å²) in [6, 6.07) is 4.19. The lowest BCUT2D eigenvalue weighted by molar-refractivity contribution is -0.118. The summed E-state index contributed by atoms with van der Waals surface area (Å²) in [5.41, 5.74) is 0. The third kappa shape index (κ3) is 7.81. The molecule has 23 heavy (non-hydrogen) atoms. The molecule has 0 atom stereocenters. The number of carbonyl (C=O) groups is 1. The van der Waals surface area contributed by atoms with Crippen molar-refractivity contribution in [2.45, 2.75) is 32.2 Å². The summed E-state index contributed by atoms with van der Waals surface area (Å²) in [5, 5.41) is 6.24. The molecule has 0 spiro atoms. The molecule has 1 aromatic heterocycles. The summed E-state index contributed by atoms with van der Waals surface area (Å²) in [7, 11) is 0. The third-order valence-corrected chi connectivity index (χ3v) is 4.15. The lowest BCUT2D eigenvalue weighted by atomic mass is 10.0. The molecule has 5 nitrogen and oxygen atoms in total. The van der Waals surface area contributed by atoms with Crippen molar-refractivity contribution in [3.05, 3.63) is 22.8 Å². The maximum atomic E-state index is 12.2. The number of rotatable bonds is 6. The minimum atomic E-state index is 0. The van der Waals surface area contributed by atoms with Gasteiger partial charge in [0, 0.05) is 16.7 Å². The Kier molecular flexibility index (Phi) is 11.8. The molecule has 0 bridgehead atoms. The van der Waals surface area contributed by atoms with Crippen LogP contribution in [0.15, 0.2) is 22.8 Å². The number of hydrogen-bond acceptors (Lipinski definition) is 4. The first-order valence-corrected chi connectivity index (χ1v) is 8.34. The Hall–Kier alpha value is -0.400. The van der Waals surface area contributed by atoms with E-state index in [2.05, 4.69) is 43.4 Å². The molecule has 0 unspecified atom stereocenters. The van der Waals surface area contributed by atoms with Crippen molar-refractivity contribution in [1.82, 2.24) is 15.2 Å². The van der Waals surface area contributed by atoms with Crippen molar-refractivity contribution in [3.63, 3.8) is 0 Å². The van der Waals surface area contributed by atoms with Crippen LogP contribution in [-0.4, -0.2) is 48.0 Å². The number of halogens is 3. The van der Waals surface area contributed by atoms with Gasteiger partial charge in [-0.2, -0.15) is 0 Å². The smallest absolute Gasteiger partial charge is 0.239 e. The van der Waals surface area contributed by atoms with Gasteiger partial charge in [0.25, 0.3) is 0 Å². The van der Waals surface area contributed by atoms with Crippen LogP contribution in [0.5, 0.6) is 0 Å². The van der Waals surface area contributed by atoms with Crippen LogP contribution >= 0.6 is 40.7 Å². The number of aromatic nitrogens is 1. The summed E-state index contributed by atoms with van der Waals surface area (Å²) in [5.74, 6) is 0.613. The van der Waals surface area contributed by atoms with Crippen molar-refractivity contribution in [1.29, 1.82) is 0 Å². The first-order chi connectivity index (χ1) is 10.2. The number of nitrogens with zero attached hydrogens (tertiary/aromatic N) is 2. The Balaban J connectivity index is 0.00000242. The molecule has 0 aromatic carbocycles. The zero-order valence-electron chi connectivity index (χ0n) is 13.3. The van der Waals surface area contributed by atoms with E-state index >= 15 is 0 Å². The quantitative estimate of drug-likeness (QED) is 0.732. The molecule has 2 heterocycles. The van der Waals surface area contributed by atoms with Gasteiger partial charge in [0.15, 0.2) is 0 Å². The summed E-state index contributed by atoms with van der Waals surface area (Å²) < 4.78 is 0.905. The van der Waals surface area contributed by atoms with Gasteiger partial charge >= 0.3 is 0 Å². The van der Waals surface area contributed by atoms with Crippen molar-refractivity contribution >= 4 is 52.5 Å². The monoisotopic (exact) mass is 426 g/mol. The van der Waals surface area contributed by atoms with Gasteiger partial charge in [-0.25, -0.2) is 4.98 Å². The predicted molar refractivity (Wildman–Crippen MR) is 103 cm³/mol. The topological polar surface area (TPSA) is 57.3 Å². The molecule has 1 aromatic rings. The van der Waals surface area contributed by atoms with E-state index in [9.17, 15) is 4.79 Å². The Morgan fingerprint density at radius 1 is 1.39 bits per heavy atom. The third-order valence-electron chi connectivity index (χ3n) is 3.68. The maximum Gasteiger partial charge on any atom is 0.239 e. The zero-order chi connectivity index (χ0) is 15.1. The van der Waals surface area contributed by atoms with E-state index in [1.807, 2.05) is 6.07 Å². The van der Waals surface area contributed by atoms with Crippen LogP contribution in [0.4, 0.5) is 5.82 Å². The lowest BCUT2D eigenvalue weighted by Gasteiger charge is -2.33. The largest absolute Gasteiger partial charge is 0.317 e. The van der Waals surface area contributed by atoms with Gasteiger partial charge in [0.1, 0.15) is 5.82 Å². The van der Waals surface area contributed by atoms with E-state index in [-0.39, 0.29) is 30.7 Å². The van der Waals surface area contributed by atoms with E-state index in [1.165, 1.54) is 0 Å². The molecule has 1 saturated heterocycles. The Labute approximate surface area is 158 Å². The van der Waals surface area contributed by atoms with E-state index in [4.69, 9.17) is 0 Å². The highest BCUT2D eigenvalue weighted by Crippen LogP contribution is 2.13. The van der Waals surface area contributed by atoms with Gasteiger partial charge in [0.2, 0.25) is 5.91 Å². The average molecular weight is 428 g/mol. The highest BCUT2D eigenvalue weighted by Gasteiger charge is 2.22. The number of carbonyl (C=O) groups excluding carboxylic acids is 1. The SMILES string of the molecule is CCCN(CC(=O)Nc1ccc(Br)cn1)C1CCNCC1.Cl.Cl. The zero-order valence-corrected chi connectivity index (χ0v) is 16.5. The number of hydrogen-bond donors (Lipinski definition) is 2. The van der Waals surface area contributed by atoms with Gasteiger partial charge in [-0.05, 0) is 67.0 Å². The molecule has 1 aliphatic rings. The van der Waals surface area contributed by atoms with Crippen molar-refractivity contribution in [2.75, 3.05) is 31.5 Å². The fraction of sp³-hybridized carbons (Fsp3) is 0.600. The second-order valence-corrected chi connectivity index (χ2v) is 6.28. The maximum absolute atomic E-state index is 12.2. The first-order valence-electron chi connectivity index (χ1n) is 7.55. The van der Waals surface area contributed by atoms with Crippen LogP contribution in [0.1, 0.15) is 26.2 Å². The summed E-state index contributed by atoms with van der Waals surface area (Å²) in [6.45, 7) is 5.64. The molecule has 0 saturated carbocycles. The molecule has 0 aliphatic carbocycles. The molecule has 1 aliphatic heterocycles. The fourth-order valence-electron chi connectivity index (χ4n) is 2.67. The van der Waals surface area contributed by atoms with Gasteiger partial charge in [-0.1, -0.05) is 6.92 Å². The molecule has 1 fully saturated rings. The van der Waals surface area contributed by atoms with E-state index in [1.54, 1.807) is 12.3 Å². The minimum Gasteiger partial charge on any atom is -0.317 e. The van der Waals surface area contributed by atoms with Gasteiger partial charge in [-0.15, -0.1) is 24.8 Å². The number of amides is 1. The number of pyridine rings is 1. The van der Waals surface area contributed by atoms with Crippen molar-refractivity contribution in [2.24, 2.45) is 0 Å². The van der Waals surface area contributed by atoms with Crippen LogP contribution in [0.2, 0.25) is 0 Å². The second-order valence-electron chi connectivity index (χ2n) is 5.36. The molecule has 0 radical (unpaired) electrons. The fourth-order valence-corrected chi connectivity index (χ4v) is 2.90. The summed E-state index contributed by atoms with van der Waals surface area (Å²) in [6.07, 6.45) is 4.98. The minimum absolute atomic E-state index is 0. The van der Waals surface area contributed by atoms with Gasteiger partial charge < -0.3 is 10.6 Å². The number of piperidine rings is 1. The van der Waals surface area contributed by atoms with Gasteiger partial charge in [-0.3, -0.25) is 9.69 Å². The lowest BCUT2D eigenvalue weighted by Crippen LogP contribution is -2.46.